The molecule has 0 bridgehead atoms. The lowest BCUT2D eigenvalue weighted by Gasteiger charge is -2.12. The number of nitrogens with zero attached hydrogens (tertiary/aromatic N) is 4. The summed E-state index contributed by atoms with van der Waals surface area (Å²) in [5, 5.41) is 1.42. The molecule has 0 N–H and O–H groups in total. The fraction of sp³-hybridized carbons (Fsp3) is 0.100. The molecule has 0 amide bonds. The highest BCUT2D eigenvalue weighted by Gasteiger charge is 2.18. The summed E-state index contributed by atoms with van der Waals surface area (Å²) in [5.74, 6) is 0.386. The monoisotopic (exact) mass is 412 g/mol. The molecule has 0 aliphatic heterocycles. The maximum atomic E-state index is 12.9. The zero-order valence-electron chi connectivity index (χ0n) is 15.0. The van der Waals surface area contributed by atoms with Gasteiger partial charge >= 0.3 is 5.69 Å². The van der Waals surface area contributed by atoms with Crippen LogP contribution >= 0.6 is 23.2 Å². The van der Waals surface area contributed by atoms with E-state index in [1.807, 2.05) is 0 Å². The summed E-state index contributed by atoms with van der Waals surface area (Å²) in [4.78, 5) is 34.5. The molecule has 0 unspecified atom stereocenters. The molecule has 0 atom stereocenters. The highest BCUT2D eigenvalue weighted by atomic mass is 35.5. The first-order valence-corrected chi connectivity index (χ1v) is 9.12. The van der Waals surface area contributed by atoms with Crippen molar-refractivity contribution in [3.05, 3.63) is 79.4 Å². The molecule has 2 aromatic carbocycles. The van der Waals surface area contributed by atoms with Crippen LogP contribution < -0.4 is 11.2 Å². The summed E-state index contributed by atoms with van der Waals surface area (Å²) >= 11 is 12.0. The predicted octanol–water partition coefficient (Wildman–Crippen LogP) is 3.67. The Bertz CT molecular complexity index is 1320. The van der Waals surface area contributed by atoms with E-state index < -0.39 is 11.2 Å². The molecule has 6 nitrogen and oxygen atoms in total. The summed E-state index contributed by atoms with van der Waals surface area (Å²) in [5.41, 5.74) is 1.20. The topological polar surface area (TPSA) is 69.8 Å². The van der Waals surface area contributed by atoms with Crippen molar-refractivity contribution in [3.63, 3.8) is 0 Å². The van der Waals surface area contributed by atoms with Crippen molar-refractivity contribution in [2.45, 2.75) is 0 Å². The van der Waals surface area contributed by atoms with Gasteiger partial charge in [-0.25, -0.2) is 14.8 Å². The molecule has 2 heterocycles. The van der Waals surface area contributed by atoms with E-state index in [9.17, 15) is 9.59 Å². The Balaban J connectivity index is 2.15. The zero-order chi connectivity index (χ0) is 20.0. The Morgan fingerprint density at radius 1 is 0.750 bits per heavy atom. The van der Waals surface area contributed by atoms with E-state index in [2.05, 4.69) is 9.97 Å². The number of hydrogen-bond donors (Lipinski definition) is 0. The average molecular weight is 413 g/mol. The van der Waals surface area contributed by atoms with Crippen molar-refractivity contribution in [2.75, 3.05) is 0 Å². The third-order valence-corrected chi connectivity index (χ3v) is 5.02. The molecule has 0 saturated heterocycles. The minimum atomic E-state index is -0.458. The number of benzene rings is 2. The van der Waals surface area contributed by atoms with Gasteiger partial charge in [0.05, 0.1) is 5.69 Å². The first kappa shape index (κ1) is 18.4. The standard InChI is InChI=1S/C20H14Cl2N4O2/c1-25-18-15(19(27)26(2)20(25)28)16(11-3-7-13(21)8-4-11)23-17(24-18)12-5-9-14(22)10-6-12/h3-10H,1-2H3. The lowest BCUT2D eigenvalue weighted by atomic mass is 10.1. The third kappa shape index (κ3) is 3.00. The van der Waals surface area contributed by atoms with Gasteiger partial charge in [-0.15, -0.1) is 0 Å². The van der Waals surface area contributed by atoms with E-state index in [1.54, 1.807) is 55.6 Å². The zero-order valence-corrected chi connectivity index (χ0v) is 16.5. The Kier molecular flexibility index (Phi) is 4.53. The summed E-state index contributed by atoms with van der Waals surface area (Å²) in [6, 6.07) is 14.0. The SMILES string of the molecule is Cn1c(=O)c2c(-c3ccc(Cl)cc3)nc(-c3ccc(Cl)cc3)nc2n(C)c1=O. The first-order valence-electron chi connectivity index (χ1n) is 8.36. The maximum absolute atomic E-state index is 12.9. The molecule has 0 fully saturated rings. The lowest BCUT2D eigenvalue weighted by molar-refractivity contribution is 0.707. The molecule has 0 saturated carbocycles. The molecule has 0 aliphatic carbocycles. The third-order valence-electron chi connectivity index (χ3n) is 4.52. The Morgan fingerprint density at radius 2 is 1.29 bits per heavy atom. The van der Waals surface area contributed by atoms with E-state index in [-0.39, 0.29) is 11.0 Å². The molecule has 28 heavy (non-hydrogen) atoms. The van der Waals surface area contributed by atoms with Crippen molar-refractivity contribution in [1.29, 1.82) is 0 Å². The van der Waals surface area contributed by atoms with E-state index >= 15 is 0 Å². The highest BCUT2D eigenvalue weighted by molar-refractivity contribution is 6.31. The first-order chi connectivity index (χ1) is 13.4. The number of halogens is 2. The van der Waals surface area contributed by atoms with Crippen LogP contribution in [0.2, 0.25) is 10.0 Å². The second-order valence-corrected chi connectivity index (χ2v) is 7.19. The number of aryl methyl sites for hydroxylation is 1. The average Bonchev–Trinajstić information content (AvgIpc) is 2.71. The van der Waals surface area contributed by atoms with Crippen LogP contribution in [0.15, 0.2) is 58.1 Å². The van der Waals surface area contributed by atoms with Crippen LogP contribution in [-0.4, -0.2) is 19.1 Å². The van der Waals surface area contributed by atoms with E-state index in [1.165, 1.54) is 11.6 Å². The van der Waals surface area contributed by atoms with Crippen molar-refractivity contribution in [3.8, 4) is 22.6 Å². The number of fused-ring (bicyclic) bond motifs is 1. The van der Waals surface area contributed by atoms with Gasteiger partial charge in [-0.2, -0.15) is 0 Å². The molecule has 0 spiro atoms. The number of aromatic nitrogens is 4. The molecule has 0 radical (unpaired) electrons. The fourth-order valence-corrected chi connectivity index (χ4v) is 3.26. The highest BCUT2D eigenvalue weighted by Crippen LogP contribution is 2.28. The quantitative estimate of drug-likeness (QED) is 0.503. The van der Waals surface area contributed by atoms with Crippen LogP contribution in [0.25, 0.3) is 33.7 Å². The molecule has 2 aromatic heterocycles. The van der Waals surface area contributed by atoms with Crippen LogP contribution in [0.1, 0.15) is 0 Å². The predicted molar refractivity (Wildman–Crippen MR) is 111 cm³/mol. The van der Waals surface area contributed by atoms with Gasteiger partial charge in [-0.3, -0.25) is 13.9 Å². The van der Waals surface area contributed by atoms with Gasteiger partial charge in [0.2, 0.25) is 0 Å². The summed E-state index contributed by atoms with van der Waals surface area (Å²) < 4.78 is 2.39. The minimum Gasteiger partial charge on any atom is -0.280 e. The molecule has 4 rings (SSSR count). The Labute approximate surface area is 169 Å². The molecule has 4 aromatic rings. The molecular formula is C20H14Cl2N4O2. The maximum Gasteiger partial charge on any atom is 0.332 e. The van der Waals surface area contributed by atoms with E-state index in [0.29, 0.717) is 27.1 Å². The lowest BCUT2D eigenvalue weighted by Crippen LogP contribution is -2.37. The van der Waals surface area contributed by atoms with Gasteiger partial charge in [0, 0.05) is 35.3 Å². The van der Waals surface area contributed by atoms with Crippen molar-refractivity contribution >= 4 is 34.2 Å². The van der Waals surface area contributed by atoms with Gasteiger partial charge in [0.15, 0.2) is 11.5 Å². The summed E-state index contributed by atoms with van der Waals surface area (Å²) in [6.45, 7) is 0. The summed E-state index contributed by atoms with van der Waals surface area (Å²) in [7, 11) is 3.01. The van der Waals surface area contributed by atoms with Crippen LogP contribution in [0.5, 0.6) is 0 Å². The molecule has 0 aliphatic rings. The van der Waals surface area contributed by atoms with Gasteiger partial charge < -0.3 is 0 Å². The van der Waals surface area contributed by atoms with Gasteiger partial charge in [-0.1, -0.05) is 35.3 Å². The molecule has 8 heteroatoms. The fourth-order valence-electron chi connectivity index (χ4n) is 3.00. The number of hydrogen-bond acceptors (Lipinski definition) is 4. The smallest absolute Gasteiger partial charge is 0.280 e. The van der Waals surface area contributed by atoms with Crippen molar-refractivity contribution in [2.24, 2.45) is 14.1 Å². The van der Waals surface area contributed by atoms with Crippen molar-refractivity contribution in [1.82, 2.24) is 19.1 Å². The second-order valence-electron chi connectivity index (χ2n) is 6.31. The Morgan fingerprint density at radius 3 is 1.86 bits per heavy atom. The normalized spacial score (nSPS) is 11.1. The number of rotatable bonds is 2. The van der Waals surface area contributed by atoms with E-state index in [0.717, 1.165) is 10.1 Å². The Hall–Kier alpha value is -2.96. The molecule has 140 valence electrons. The van der Waals surface area contributed by atoms with Crippen molar-refractivity contribution < 1.29 is 0 Å². The van der Waals surface area contributed by atoms with Crippen LogP contribution in [-0.2, 0) is 14.1 Å². The van der Waals surface area contributed by atoms with Gasteiger partial charge in [0.25, 0.3) is 5.56 Å². The summed E-state index contributed by atoms with van der Waals surface area (Å²) in [6.07, 6.45) is 0. The van der Waals surface area contributed by atoms with Crippen LogP contribution in [0.3, 0.4) is 0 Å². The molecular weight excluding hydrogens is 399 g/mol. The van der Waals surface area contributed by atoms with Gasteiger partial charge in [0.1, 0.15) is 5.39 Å². The van der Waals surface area contributed by atoms with Crippen LogP contribution in [0, 0.1) is 0 Å². The van der Waals surface area contributed by atoms with E-state index in [4.69, 9.17) is 23.2 Å². The van der Waals surface area contributed by atoms with Gasteiger partial charge in [-0.05, 0) is 36.4 Å². The minimum absolute atomic E-state index is 0.262. The second kappa shape index (κ2) is 6.89. The van der Waals surface area contributed by atoms with Crippen LogP contribution in [0.4, 0.5) is 0 Å². The largest absolute Gasteiger partial charge is 0.332 e.